The van der Waals surface area contributed by atoms with Crippen molar-refractivity contribution in [2.24, 2.45) is 0 Å². The van der Waals surface area contributed by atoms with Crippen LogP contribution in [-0.2, 0) is 17.6 Å². The first kappa shape index (κ1) is 18.5. The lowest BCUT2D eigenvalue weighted by Crippen LogP contribution is -2.14. The maximum Gasteiger partial charge on any atom is 0.230 e. The number of anilines is 1. The van der Waals surface area contributed by atoms with Crippen LogP contribution in [0.25, 0.3) is 0 Å². The van der Waals surface area contributed by atoms with Crippen molar-refractivity contribution in [3.8, 4) is 0 Å². The third kappa shape index (κ3) is 5.93. The van der Waals surface area contributed by atoms with Crippen molar-refractivity contribution >= 4 is 34.1 Å². The first-order chi connectivity index (χ1) is 12.7. The fraction of sp³-hybridized carbons (Fsp3) is 0.211. The van der Waals surface area contributed by atoms with Gasteiger partial charge in [-0.15, -0.1) is 10.2 Å². The number of aromatic nitrogens is 2. The minimum atomic E-state index is -0.313. The summed E-state index contributed by atoms with van der Waals surface area (Å²) in [6.45, 7) is 0. The molecule has 2 aromatic carbocycles. The summed E-state index contributed by atoms with van der Waals surface area (Å²) in [5.41, 5.74) is 2.09. The Morgan fingerprint density at radius 3 is 2.58 bits per heavy atom. The number of carbonyl (C=O) groups is 1. The van der Waals surface area contributed by atoms with Gasteiger partial charge in [-0.3, -0.25) is 4.79 Å². The van der Waals surface area contributed by atoms with Gasteiger partial charge in [-0.2, -0.15) is 0 Å². The highest BCUT2D eigenvalue weighted by Gasteiger charge is 2.09. The van der Waals surface area contributed by atoms with Crippen LogP contribution in [0.1, 0.15) is 17.5 Å². The Balaban J connectivity index is 1.41. The Morgan fingerprint density at radius 1 is 1.04 bits per heavy atom. The van der Waals surface area contributed by atoms with Gasteiger partial charge in [0, 0.05) is 5.75 Å². The molecule has 0 aliphatic heterocycles. The fourth-order valence-electron chi connectivity index (χ4n) is 2.35. The summed E-state index contributed by atoms with van der Waals surface area (Å²) in [4.78, 5) is 12.0. The lowest BCUT2D eigenvalue weighted by atomic mass is 10.1. The van der Waals surface area contributed by atoms with Crippen LogP contribution in [-0.4, -0.2) is 21.9 Å². The van der Waals surface area contributed by atoms with E-state index in [-0.39, 0.29) is 18.1 Å². The van der Waals surface area contributed by atoms with E-state index in [1.54, 1.807) is 23.9 Å². The van der Waals surface area contributed by atoms with E-state index in [1.807, 2.05) is 18.2 Å². The number of nitrogens with one attached hydrogen (secondary N) is 1. The van der Waals surface area contributed by atoms with Gasteiger partial charge in [0.1, 0.15) is 5.82 Å². The number of halogens is 1. The Hall–Kier alpha value is -2.25. The Kier molecular flexibility index (Phi) is 6.74. The lowest BCUT2D eigenvalue weighted by Gasteiger charge is -2.01. The number of hydrogen-bond donors (Lipinski definition) is 1. The molecule has 26 heavy (non-hydrogen) atoms. The number of carbonyl (C=O) groups excluding carboxylic acids is 1. The van der Waals surface area contributed by atoms with E-state index in [1.165, 1.54) is 29.0 Å². The van der Waals surface area contributed by atoms with Crippen LogP contribution in [0.3, 0.4) is 0 Å². The highest BCUT2D eigenvalue weighted by Crippen LogP contribution is 2.26. The molecule has 134 valence electrons. The van der Waals surface area contributed by atoms with Gasteiger partial charge in [-0.1, -0.05) is 65.6 Å². The second kappa shape index (κ2) is 9.45. The summed E-state index contributed by atoms with van der Waals surface area (Å²) in [6, 6.07) is 16.3. The van der Waals surface area contributed by atoms with Gasteiger partial charge in [0.25, 0.3) is 0 Å². The Morgan fingerprint density at radius 2 is 1.81 bits per heavy atom. The predicted molar refractivity (Wildman–Crippen MR) is 104 cm³/mol. The summed E-state index contributed by atoms with van der Waals surface area (Å²) >= 11 is 3.01. The minimum Gasteiger partial charge on any atom is -0.300 e. The van der Waals surface area contributed by atoms with Gasteiger partial charge in [0.05, 0.1) is 6.42 Å². The average Bonchev–Trinajstić information content (AvgIpc) is 3.09. The number of benzene rings is 2. The summed E-state index contributed by atoms with van der Waals surface area (Å²) < 4.78 is 13.7. The molecule has 0 spiro atoms. The molecule has 0 unspecified atom stereocenters. The summed E-state index contributed by atoms with van der Waals surface area (Å²) in [6.07, 6.45) is 2.27. The highest BCUT2D eigenvalue weighted by atomic mass is 32.2. The van der Waals surface area contributed by atoms with Crippen LogP contribution in [0.2, 0.25) is 0 Å². The van der Waals surface area contributed by atoms with E-state index >= 15 is 0 Å². The smallest absolute Gasteiger partial charge is 0.230 e. The predicted octanol–water partition coefficient (Wildman–Crippen LogP) is 4.58. The van der Waals surface area contributed by atoms with E-state index in [0.29, 0.717) is 5.13 Å². The molecular weight excluding hydrogens is 369 g/mol. The van der Waals surface area contributed by atoms with Gasteiger partial charge in [-0.25, -0.2) is 4.39 Å². The van der Waals surface area contributed by atoms with Gasteiger partial charge in [-0.05, 0) is 36.1 Å². The first-order valence-electron chi connectivity index (χ1n) is 8.23. The molecule has 3 rings (SSSR count). The molecule has 0 bridgehead atoms. The van der Waals surface area contributed by atoms with Crippen molar-refractivity contribution in [3.63, 3.8) is 0 Å². The lowest BCUT2D eigenvalue weighted by molar-refractivity contribution is -0.115. The molecule has 1 amide bonds. The third-order valence-corrected chi connectivity index (χ3v) is 5.67. The van der Waals surface area contributed by atoms with Gasteiger partial charge in [0.15, 0.2) is 4.34 Å². The van der Waals surface area contributed by atoms with Gasteiger partial charge < -0.3 is 5.32 Å². The quantitative estimate of drug-likeness (QED) is 0.349. The maximum atomic E-state index is 12.9. The second-order valence-electron chi connectivity index (χ2n) is 5.66. The van der Waals surface area contributed by atoms with Crippen LogP contribution in [0.5, 0.6) is 0 Å². The molecular formula is C19H18FN3OS2. The van der Waals surface area contributed by atoms with Crippen molar-refractivity contribution in [1.29, 1.82) is 0 Å². The van der Waals surface area contributed by atoms with Gasteiger partial charge >= 0.3 is 0 Å². The standard InChI is InChI=1S/C19H18FN3OS2/c20-16-10-8-15(9-11-16)13-17(24)21-18-22-23-19(26-18)25-12-4-7-14-5-2-1-3-6-14/h1-3,5-6,8-11H,4,7,12-13H2,(H,21,22,24). The Bertz CT molecular complexity index is 838. The van der Waals surface area contributed by atoms with Crippen LogP contribution >= 0.6 is 23.1 Å². The molecule has 0 saturated carbocycles. The van der Waals surface area contributed by atoms with Crippen molar-refractivity contribution in [2.45, 2.75) is 23.6 Å². The summed E-state index contributed by atoms with van der Waals surface area (Å²) in [5, 5.41) is 11.3. The van der Waals surface area contributed by atoms with Gasteiger partial charge in [0.2, 0.25) is 11.0 Å². The summed E-state index contributed by atoms with van der Waals surface area (Å²) in [7, 11) is 0. The number of amides is 1. The third-order valence-electron chi connectivity index (χ3n) is 3.61. The van der Waals surface area contributed by atoms with Crippen LogP contribution in [0.15, 0.2) is 58.9 Å². The van der Waals surface area contributed by atoms with Crippen molar-refractivity contribution < 1.29 is 9.18 Å². The van der Waals surface area contributed by atoms with E-state index < -0.39 is 0 Å². The van der Waals surface area contributed by atoms with E-state index in [4.69, 9.17) is 0 Å². The SMILES string of the molecule is O=C(Cc1ccc(F)cc1)Nc1nnc(SCCCc2ccccc2)s1. The molecule has 0 aliphatic rings. The van der Waals surface area contributed by atoms with E-state index in [2.05, 4.69) is 27.6 Å². The molecule has 1 aromatic heterocycles. The highest BCUT2D eigenvalue weighted by molar-refractivity contribution is 8.01. The zero-order chi connectivity index (χ0) is 18.2. The second-order valence-corrected chi connectivity index (χ2v) is 7.98. The molecule has 3 aromatic rings. The maximum absolute atomic E-state index is 12.9. The van der Waals surface area contributed by atoms with Crippen molar-refractivity contribution in [1.82, 2.24) is 10.2 Å². The topological polar surface area (TPSA) is 54.9 Å². The van der Waals surface area contributed by atoms with Crippen LogP contribution in [0, 0.1) is 5.82 Å². The van der Waals surface area contributed by atoms with Crippen LogP contribution < -0.4 is 5.32 Å². The minimum absolute atomic E-state index is 0.180. The van der Waals surface area contributed by atoms with Crippen molar-refractivity contribution in [2.75, 3.05) is 11.1 Å². The number of hydrogen-bond acceptors (Lipinski definition) is 5. The van der Waals surface area contributed by atoms with E-state index in [9.17, 15) is 9.18 Å². The molecule has 1 N–H and O–H groups in total. The summed E-state index contributed by atoms with van der Waals surface area (Å²) in [5.74, 6) is 0.452. The largest absolute Gasteiger partial charge is 0.300 e. The molecule has 0 aliphatic carbocycles. The average molecular weight is 388 g/mol. The first-order valence-corrected chi connectivity index (χ1v) is 10.0. The zero-order valence-electron chi connectivity index (χ0n) is 14.0. The Labute approximate surface area is 159 Å². The molecule has 4 nitrogen and oxygen atoms in total. The molecule has 1 heterocycles. The zero-order valence-corrected chi connectivity index (χ0v) is 15.7. The number of nitrogens with zero attached hydrogens (tertiary/aromatic N) is 2. The number of thioether (sulfide) groups is 1. The molecule has 0 atom stereocenters. The molecule has 0 radical (unpaired) electrons. The molecule has 0 fully saturated rings. The molecule has 7 heteroatoms. The monoisotopic (exact) mass is 387 g/mol. The van der Waals surface area contributed by atoms with Crippen LogP contribution in [0.4, 0.5) is 9.52 Å². The van der Waals surface area contributed by atoms with Crippen molar-refractivity contribution in [3.05, 3.63) is 71.5 Å². The normalized spacial score (nSPS) is 10.7. The molecule has 0 saturated heterocycles. The van der Waals surface area contributed by atoms with E-state index in [0.717, 1.165) is 28.5 Å². The number of rotatable bonds is 8. The fourth-order valence-corrected chi connectivity index (χ4v) is 4.13. The number of aryl methyl sites for hydroxylation is 1.